The van der Waals surface area contributed by atoms with Gasteiger partial charge in [-0.3, -0.25) is 9.59 Å². The third kappa shape index (κ3) is 0.913. The minimum atomic E-state index is -0.592. The number of fused-ring (bicyclic) bond motifs is 1. The smallest absolute Gasteiger partial charge is 0.313 e. The molecule has 4 nitrogen and oxygen atoms in total. The van der Waals surface area contributed by atoms with Crippen LogP contribution in [0.3, 0.4) is 0 Å². The van der Waals surface area contributed by atoms with Crippen molar-refractivity contribution in [2.45, 2.75) is 13.8 Å². The first-order valence-electron chi connectivity index (χ1n) is 4.46. The zero-order valence-electron chi connectivity index (χ0n) is 7.70. The lowest BCUT2D eigenvalue weighted by Crippen LogP contribution is -2.25. The molecule has 0 aromatic rings. The number of ether oxygens (including phenoxy) is 2. The average Bonchev–Trinajstić information content (AvgIpc) is 2.47. The molecule has 2 fully saturated rings. The minimum Gasteiger partial charge on any atom is -0.466 e. The molecule has 0 bridgehead atoms. The monoisotopic (exact) mass is 184 g/mol. The Labute approximate surface area is 76.2 Å². The largest absolute Gasteiger partial charge is 0.466 e. The Morgan fingerprint density at radius 1 is 1.77 bits per heavy atom. The van der Waals surface area contributed by atoms with E-state index in [4.69, 9.17) is 9.47 Å². The van der Waals surface area contributed by atoms with Gasteiger partial charge in [-0.15, -0.1) is 0 Å². The average molecular weight is 184 g/mol. The maximum atomic E-state index is 11.5. The zero-order valence-corrected chi connectivity index (χ0v) is 7.70. The third-order valence-electron chi connectivity index (χ3n) is 3.08. The molecule has 0 radical (unpaired) electrons. The number of hydrogen-bond acceptors (Lipinski definition) is 4. The predicted molar refractivity (Wildman–Crippen MR) is 42.7 cm³/mol. The third-order valence-corrected chi connectivity index (χ3v) is 3.08. The van der Waals surface area contributed by atoms with Crippen LogP contribution in [0.2, 0.25) is 0 Å². The number of carbonyl (C=O) groups excluding carboxylic acids is 2. The molecule has 0 N–H and O–H groups in total. The molecule has 1 aliphatic heterocycles. The molecule has 0 aromatic heterocycles. The number of rotatable bonds is 2. The molecule has 4 heteroatoms. The highest BCUT2D eigenvalue weighted by atomic mass is 16.6. The lowest BCUT2D eigenvalue weighted by atomic mass is 10.1. The van der Waals surface area contributed by atoms with Crippen molar-refractivity contribution in [3.05, 3.63) is 0 Å². The molecule has 1 saturated heterocycles. The van der Waals surface area contributed by atoms with Crippen LogP contribution in [-0.2, 0) is 19.1 Å². The molecular formula is C9H12O4. The van der Waals surface area contributed by atoms with Crippen molar-refractivity contribution in [1.82, 2.24) is 0 Å². The summed E-state index contributed by atoms with van der Waals surface area (Å²) in [6, 6.07) is 0. The summed E-state index contributed by atoms with van der Waals surface area (Å²) < 4.78 is 9.70. The summed E-state index contributed by atoms with van der Waals surface area (Å²) in [5.41, 5.74) is -0.592. The van der Waals surface area contributed by atoms with Crippen molar-refractivity contribution in [3.63, 3.8) is 0 Å². The van der Waals surface area contributed by atoms with Crippen molar-refractivity contribution >= 4 is 11.9 Å². The van der Waals surface area contributed by atoms with Gasteiger partial charge in [0.05, 0.1) is 24.5 Å². The van der Waals surface area contributed by atoms with Gasteiger partial charge >= 0.3 is 11.9 Å². The van der Waals surface area contributed by atoms with Crippen LogP contribution in [0, 0.1) is 17.3 Å². The Kier molecular flexibility index (Phi) is 1.62. The number of cyclic esters (lactones) is 1. The second-order valence-electron chi connectivity index (χ2n) is 3.72. The van der Waals surface area contributed by atoms with E-state index in [0.29, 0.717) is 13.2 Å². The summed E-state index contributed by atoms with van der Waals surface area (Å²) in [5.74, 6) is -0.701. The van der Waals surface area contributed by atoms with Gasteiger partial charge in [0.2, 0.25) is 0 Å². The van der Waals surface area contributed by atoms with Gasteiger partial charge < -0.3 is 9.47 Å². The van der Waals surface area contributed by atoms with Crippen molar-refractivity contribution < 1.29 is 19.1 Å². The van der Waals surface area contributed by atoms with E-state index in [-0.39, 0.29) is 23.8 Å². The Morgan fingerprint density at radius 3 is 2.92 bits per heavy atom. The van der Waals surface area contributed by atoms with E-state index in [0.717, 1.165) is 0 Å². The first-order valence-corrected chi connectivity index (χ1v) is 4.46. The predicted octanol–water partition coefficient (Wildman–Crippen LogP) is 0.359. The minimum absolute atomic E-state index is 0.0547. The molecule has 0 aromatic carbocycles. The SMILES string of the molecule is CCOC(=O)[C@@]1(C)[C@@H]2C(=O)OC[C@@H]21. The van der Waals surface area contributed by atoms with E-state index in [2.05, 4.69) is 0 Å². The molecule has 3 atom stereocenters. The zero-order chi connectivity index (χ0) is 9.64. The molecule has 2 rings (SSSR count). The summed E-state index contributed by atoms with van der Waals surface area (Å²) in [5, 5.41) is 0. The number of carbonyl (C=O) groups is 2. The van der Waals surface area contributed by atoms with Crippen LogP contribution < -0.4 is 0 Å². The van der Waals surface area contributed by atoms with Crippen molar-refractivity contribution in [3.8, 4) is 0 Å². The van der Waals surface area contributed by atoms with E-state index in [1.807, 2.05) is 0 Å². The summed E-state index contributed by atoms with van der Waals surface area (Å²) in [6.45, 7) is 4.28. The van der Waals surface area contributed by atoms with Gasteiger partial charge in [-0.25, -0.2) is 0 Å². The second kappa shape index (κ2) is 2.47. The molecule has 72 valence electrons. The Hall–Kier alpha value is -1.06. The molecular weight excluding hydrogens is 172 g/mol. The molecule has 0 unspecified atom stereocenters. The van der Waals surface area contributed by atoms with Crippen molar-refractivity contribution in [2.75, 3.05) is 13.2 Å². The van der Waals surface area contributed by atoms with Crippen LogP contribution in [0.4, 0.5) is 0 Å². The summed E-state index contributed by atoms with van der Waals surface area (Å²) in [4.78, 5) is 22.6. The van der Waals surface area contributed by atoms with E-state index in [1.54, 1.807) is 13.8 Å². The van der Waals surface area contributed by atoms with Crippen LogP contribution in [0.5, 0.6) is 0 Å². The van der Waals surface area contributed by atoms with Gasteiger partial charge in [0.15, 0.2) is 0 Å². The van der Waals surface area contributed by atoms with E-state index in [1.165, 1.54) is 0 Å². The maximum absolute atomic E-state index is 11.5. The van der Waals surface area contributed by atoms with Crippen LogP contribution in [0.15, 0.2) is 0 Å². The van der Waals surface area contributed by atoms with Gasteiger partial charge in [0.1, 0.15) is 0 Å². The summed E-state index contributed by atoms with van der Waals surface area (Å²) in [7, 11) is 0. The highest BCUT2D eigenvalue weighted by molar-refractivity contribution is 5.93. The molecule has 2 aliphatic rings. The Bertz CT molecular complexity index is 273. The summed E-state index contributed by atoms with van der Waals surface area (Å²) in [6.07, 6.45) is 0. The normalized spacial score (nSPS) is 40.9. The fourth-order valence-corrected chi connectivity index (χ4v) is 2.11. The van der Waals surface area contributed by atoms with E-state index >= 15 is 0 Å². The van der Waals surface area contributed by atoms with Gasteiger partial charge in [-0.2, -0.15) is 0 Å². The molecule has 1 heterocycles. The number of esters is 2. The molecule has 1 saturated carbocycles. The van der Waals surface area contributed by atoms with Crippen LogP contribution in [0.25, 0.3) is 0 Å². The maximum Gasteiger partial charge on any atom is 0.313 e. The second-order valence-corrected chi connectivity index (χ2v) is 3.72. The van der Waals surface area contributed by atoms with Gasteiger partial charge in [0, 0.05) is 5.92 Å². The Morgan fingerprint density at radius 2 is 2.46 bits per heavy atom. The topological polar surface area (TPSA) is 52.6 Å². The molecule has 0 amide bonds. The van der Waals surface area contributed by atoms with Crippen LogP contribution in [-0.4, -0.2) is 25.2 Å². The van der Waals surface area contributed by atoms with Gasteiger partial charge in [0.25, 0.3) is 0 Å². The van der Waals surface area contributed by atoms with Crippen LogP contribution >= 0.6 is 0 Å². The molecule has 13 heavy (non-hydrogen) atoms. The fourth-order valence-electron chi connectivity index (χ4n) is 2.11. The van der Waals surface area contributed by atoms with E-state index in [9.17, 15) is 9.59 Å². The highest BCUT2D eigenvalue weighted by Gasteiger charge is 2.74. The first-order chi connectivity index (χ1) is 6.12. The van der Waals surface area contributed by atoms with E-state index < -0.39 is 5.41 Å². The molecule has 0 spiro atoms. The standard InChI is InChI=1S/C9H12O4/c1-3-12-8(11)9(2)5-4-13-7(10)6(5)9/h5-6H,3-4H2,1-2H3/t5-,6-,9+/m0/s1. The van der Waals surface area contributed by atoms with Gasteiger partial charge in [-0.05, 0) is 13.8 Å². The van der Waals surface area contributed by atoms with Crippen molar-refractivity contribution in [2.24, 2.45) is 17.3 Å². The summed E-state index contributed by atoms with van der Waals surface area (Å²) >= 11 is 0. The van der Waals surface area contributed by atoms with Gasteiger partial charge in [-0.1, -0.05) is 0 Å². The highest BCUT2D eigenvalue weighted by Crippen LogP contribution is 2.62. The number of hydrogen-bond donors (Lipinski definition) is 0. The fraction of sp³-hybridized carbons (Fsp3) is 0.778. The van der Waals surface area contributed by atoms with Crippen molar-refractivity contribution in [1.29, 1.82) is 0 Å². The first kappa shape index (κ1) is 8.53. The lowest BCUT2D eigenvalue weighted by Gasteiger charge is -2.12. The molecule has 1 aliphatic carbocycles. The lowest BCUT2D eigenvalue weighted by molar-refractivity contribution is -0.156. The Balaban J connectivity index is 2.09. The van der Waals surface area contributed by atoms with Crippen LogP contribution in [0.1, 0.15) is 13.8 Å². The quantitative estimate of drug-likeness (QED) is 0.581.